The van der Waals surface area contributed by atoms with E-state index in [4.69, 9.17) is 211 Å². The Morgan fingerprint density at radius 2 is 0.111 bits per heavy atom. The Balaban J connectivity index is -0.0000000215. The van der Waals surface area contributed by atoms with Crippen LogP contribution in [0.25, 0.3) is 0 Å². The summed E-state index contributed by atoms with van der Waals surface area (Å²) in [4.78, 5) is 215. The maximum atomic E-state index is 8.74. The second-order valence-corrected chi connectivity index (χ2v) is 12.7. The van der Waals surface area contributed by atoms with E-state index in [9.17, 15) is 0 Å². The van der Waals surface area contributed by atoms with Gasteiger partial charge in [0.15, 0.2) is 0 Å². The van der Waals surface area contributed by atoms with Crippen molar-refractivity contribution in [3.05, 3.63) is 0 Å². The minimum atomic E-state index is -3.13. The van der Waals surface area contributed by atoms with Crippen LogP contribution in [0, 0.1) is 0 Å². The molecular formula is H33Na3O45Si15. The summed E-state index contributed by atoms with van der Waals surface area (Å²) >= 11 is 0. The van der Waals surface area contributed by atoms with Crippen molar-refractivity contribution >= 4 is 226 Å². The van der Waals surface area contributed by atoms with Gasteiger partial charge in [0.05, 0.1) is 0 Å². The third-order valence-corrected chi connectivity index (χ3v) is 0. The van der Waals surface area contributed by atoms with Crippen molar-refractivity contribution in [1.29, 1.82) is 0 Å². The average molecular weight is 1240 g/mol. The van der Waals surface area contributed by atoms with Gasteiger partial charge in [-0.15, -0.1) is 0 Å². The first-order chi connectivity index (χ1) is 26.0. The van der Waals surface area contributed by atoms with E-state index in [0.29, 0.717) is 0 Å². The summed E-state index contributed by atoms with van der Waals surface area (Å²) in [6, 6.07) is 0. The Morgan fingerprint density at radius 3 is 0.111 bits per heavy atom. The molecule has 45 nitrogen and oxygen atoms in total. The standard InChI is InChI=1S/3Na.15H2O3Si.3H/c;;;15*1-4(2)3;;;/h;;;15*1-2H;;;. The van der Waals surface area contributed by atoms with Crippen LogP contribution in [0.5, 0.6) is 0 Å². The summed E-state index contributed by atoms with van der Waals surface area (Å²) in [5, 5.41) is 0. The molecule has 30 N–H and O–H groups in total. The van der Waals surface area contributed by atoms with Gasteiger partial charge in [-0.2, -0.15) is 0 Å². The van der Waals surface area contributed by atoms with Crippen LogP contribution < -0.4 is 0 Å². The van der Waals surface area contributed by atoms with Crippen LogP contribution in [-0.4, -0.2) is 370 Å². The molecule has 0 atom stereocenters. The molecule has 0 saturated heterocycles. The molecule has 0 aromatic carbocycles. The van der Waals surface area contributed by atoms with E-state index in [-0.39, 0.29) is 88.7 Å². The molecule has 0 aromatic heterocycles. The van der Waals surface area contributed by atoms with Crippen LogP contribution >= 0.6 is 0 Å². The van der Waals surface area contributed by atoms with E-state index in [1.807, 2.05) is 0 Å². The molecule has 63 heavy (non-hydrogen) atoms. The summed E-state index contributed by atoms with van der Waals surface area (Å²) in [7, 11) is -46.9. The predicted molar refractivity (Wildman–Crippen MR) is 185 cm³/mol. The van der Waals surface area contributed by atoms with Crippen LogP contribution in [0.1, 0.15) is 0 Å². The van der Waals surface area contributed by atoms with Crippen LogP contribution in [-0.2, 0) is 66.9 Å². The second-order valence-electron chi connectivity index (χ2n) is 4.24. The van der Waals surface area contributed by atoms with Gasteiger partial charge in [0.25, 0.3) is 0 Å². The third-order valence-electron chi connectivity index (χ3n) is 0. The molecule has 0 radical (unpaired) electrons. The first-order valence-corrected chi connectivity index (χ1v) is 29.3. The molecule has 0 aliphatic heterocycles. The molecule has 0 aromatic rings. The third kappa shape index (κ3) is 25700. The molecule has 0 heterocycles. The van der Waals surface area contributed by atoms with Crippen molar-refractivity contribution in [3.8, 4) is 0 Å². The van der Waals surface area contributed by atoms with Crippen molar-refractivity contribution in [2.75, 3.05) is 0 Å². The van der Waals surface area contributed by atoms with E-state index in [1.165, 1.54) is 0 Å². The normalized spacial score (nSPS) is 5.71. The molecule has 0 amide bonds. The number of hydrogen-bond donors (Lipinski definition) is 30. The molecule has 0 aliphatic rings. The van der Waals surface area contributed by atoms with Crippen LogP contribution in [0.15, 0.2) is 0 Å². The van der Waals surface area contributed by atoms with Crippen molar-refractivity contribution in [2.24, 2.45) is 0 Å². The monoisotopic (exact) mass is 1240 g/mol. The summed E-state index contributed by atoms with van der Waals surface area (Å²) in [5.74, 6) is 0. The van der Waals surface area contributed by atoms with E-state index >= 15 is 0 Å². The van der Waals surface area contributed by atoms with E-state index in [1.54, 1.807) is 0 Å². The maximum absolute atomic E-state index is 8.74. The van der Waals surface area contributed by atoms with E-state index in [0.717, 1.165) is 0 Å². The average Bonchev–Trinajstić information content (AvgIpc) is 2.78. The van der Waals surface area contributed by atoms with Gasteiger partial charge in [0.1, 0.15) is 0 Å². The first-order valence-electron chi connectivity index (χ1n) is 9.77. The summed E-state index contributed by atoms with van der Waals surface area (Å²) in [6.45, 7) is 0. The topological polar surface area (TPSA) is 863 Å². The number of hydrogen-bond acceptors (Lipinski definition) is 15. The molecule has 0 aliphatic carbocycles. The van der Waals surface area contributed by atoms with Crippen molar-refractivity contribution < 1.29 is 211 Å². The number of rotatable bonds is 0. The van der Waals surface area contributed by atoms with Crippen LogP contribution in [0.4, 0.5) is 0 Å². The van der Waals surface area contributed by atoms with E-state index < -0.39 is 138 Å². The summed E-state index contributed by atoms with van der Waals surface area (Å²) in [5.41, 5.74) is 0. The molecule has 0 fully saturated rings. The zero-order chi connectivity index (χ0) is 53.7. The molecule has 0 rings (SSSR count). The first kappa shape index (κ1) is 118. The van der Waals surface area contributed by atoms with Crippen LogP contribution in [0.2, 0.25) is 0 Å². The molecule has 0 bridgehead atoms. The molecule has 366 valence electrons. The SMILES string of the molecule is O=[Si](O)O.O=[Si](O)O.O=[Si](O)O.O=[Si](O)O.O=[Si](O)O.O=[Si](O)O.O=[Si](O)O.O=[Si](O)O.O=[Si](O)O.O=[Si](O)O.O=[Si](O)O.O=[Si](O)O.O=[Si](O)O.O=[Si](O)O.O=[Si](O)O.[NaH].[NaH].[NaH]. The quantitative estimate of drug-likeness (QED) is 0.100. The Bertz CT molecular complexity index is 763. The molecule has 0 unspecified atom stereocenters. The van der Waals surface area contributed by atoms with Crippen LogP contribution in [0.3, 0.4) is 0 Å². The van der Waals surface area contributed by atoms with Gasteiger partial charge in [0, 0.05) is 0 Å². The zero-order valence-corrected chi connectivity index (χ0v) is 42.0. The van der Waals surface area contributed by atoms with Gasteiger partial charge in [-0.1, -0.05) is 0 Å². The minimum absolute atomic E-state index is 0. The Labute approximate surface area is 432 Å². The Hall–Kier alpha value is -2.75. The second kappa shape index (κ2) is 113. The summed E-state index contributed by atoms with van der Waals surface area (Å²) in [6.07, 6.45) is 0. The van der Waals surface area contributed by atoms with E-state index in [2.05, 4.69) is 0 Å². The fraction of sp³-hybridized carbons (Fsp3) is 0. The molecule has 0 spiro atoms. The van der Waals surface area contributed by atoms with Crippen molar-refractivity contribution in [1.82, 2.24) is 0 Å². The Morgan fingerprint density at radius 1 is 0.111 bits per heavy atom. The van der Waals surface area contributed by atoms with Gasteiger partial charge < -0.3 is 144 Å². The van der Waals surface area contributed by atoms with Crippen molar-refractivity contribution in [2.45, 2.75) is 0 Å². The Kier molecular flexibility index (Phi) is 212. The fourth-order valence-electron chi connectivity index (χ4n) is 0. The molecule has 0 saturated carbocycles. The molecule has 63 heteroatoms. The van der Waals surface area contributed by atoms with Gasteiger partial charge in [-0.25, -0.2) is 0 Å². The molecular weight excluding hydrogens is 1210 g/mol. The van der Waals surface area contributed by atoms with Gasteiger partial charge in [0.2, 0.25) is 0 Å². The van der Waals surface area contributed by atoms with Crippen molar-refractivity contribution in [3.63, 3.8) is 0 Å². The van der Waals surface area contributed by atoms with Gasteiger partial charge in [-0.05, 0) is 0 Å². The van der Waals surface area contributed by atoms with Gasteiger partial charge in [-0.3, -0.25) is 66.9 Å². The predicted octanol–water partition coefficient (Wildman–Crippen LogP) is -26.1. The zero-order valence-electron chi connectivity index (χ0n) is 27.0. The fourth-order valence-corrected chi connectivity index (χ4v) is 0. The summed E-state index contributed by atoms with van der Waals surface area (Å²) < 4.78 is 131. The van der Waals surface area contributed by atoms with Gasteiger partial charge >= 0.3 is 226 Å².